The van der Waals surface area contributed by atoms with Gasteiger partial charge in [-0.15, -0.1) is 9.88 Å². The monoisotopic (exact) mass is 814 g/mol. The molecule has 0 aromatic heterocycles. The molecular formula is H14I3N14O12P+4. The lowest BCUT2D eigenvalue weighted by molar-refractivity contribution is -1.71. The van der Waals surface area contributed by atoms with Gasteiger partial charge in [-0.2, -0.15) is 3.17 Å². The summed E-state index contributed by atoms with van der Waals surface area (Å²) in [4.78, 5) is 43.4. The lowest BCUT2D eigenvalue weighted by atomic mass is 12.2. The highest BCUT2D eigenvalue weighted by Crippen LogP contribution is 2.34. The largest absolute Gasteiger partial charge is 0.356 e. The molecule has 2 saturated heterocycles. The first-order valence-electron chi connectivity index (χ1n) is 6.10. The van der Waals surface area contributed by atoms with E-state index in [2.05, 4.69) is 13.0 Å². The van der Waals surface area contributed by atoms with E-state index in [4.69, 9.17) is 76.0 Å². The second-order valence-corrected chi connectivity index (χ2v) is 6.00. The van der Waals surface area contributed by atoms with E-state index < -0.39 is 20.0 Å². The summed E-state index contributed by atoms with van der Waals surface area (Å²) in [5.74, 6) is 32.9. The Balaban J connectivity index is 2.34. The Labute approximate surface area is 207 Å². The number of quaternary nitrogens is 4. The summed E-state index contributed by atoms with van der Waals surface area (Å²) in [6.45, 7) is 0. The smallest absolute Gasteiger partial charge is 0.216 e. The van der Waals surface area contributed by atoms with Gasteiger partial charge >= 0.3 is 5.08 Å². The zero-order chi connectivity index (χ0) is 22.8. The highest BCUT2D eigenvalue weighted by atomic mass is 127. The van der Waals surface area contributed by atoms with Gasteiger partial charge < -0.3 is 0 Å². The fraction of sp³-hybridized carbons (Fsp3) is 0. The predicted molar refractivity (Wildman–Crippen MR) is 98.3 cm³/mol. The Morgan fingerprint density at radius 1 is 0.700 bits per heavy atom. The van der Waals surface area contributed by atoms with E-state index in [1.54, 1.807) is 0 Å². The minimum Gasteiger partial charge on any atom is -0.216 e. The SMILES string of the molecule is NN1ON(N)O[N+](N)(O[N+]2(N)O[N+](N)(OI)ON(OI)O[N+](P)(OI)O2)ON(N)O1. The Morgan fingerprint density at radius 2 is 1.27 bits per heavy atom. The Bertz CT molecular complexity index is 542. The van der Waals surface area contributed by atoms with Gasteiger partial charge in [-0.25, -0.2) is 17.5 Å². The number of nitrogens with zero attached hydrogens (tertiary/aromatic N) is 8. The van der Waals surface area contributed by atoms with Crippen LogP contribution in [-0.2, 0) is 53.9 Å². The minimum atomic E-state index is -2.22. The molecule has 0 saturated carbocycles. The van der Waals surface area contributed by atoms with Crippen LogP contribution in [0.1, 0.15) is 0 Å². The van der Waals surface area contributed by atoms with Crippen molar-refractivity contribution in [3.8, 4) is 0 Å². The first kappa shape index (κ1) is 27.8. The van der Waals surface area contributed by atoms with E-state index in [1.807, 2.05) is 9.39 Å². The third-order valence-electron chi connectivity index (χ3n) is 2.00. The first-order chi connectivity index (χ1) is 13.8. The molecule has 30 heavy (non-hydrogen) atoms. The number of hydrazine groups is 3. The van der Waals surface area contributed by atoms with Gasteiger partial charge in [0.15, 0.2) is 47.2 Å². The van der Waals surface area contributed by atoms with Crippen LogP contribution in [0.25, 0.3) is 0 Å². The van der Waals surface area contributed by atoms with Crippen molar-refractivity contribution < 1.29 is 73.9 Å². The Morgan fingerprint density at radius 3 is 1.73 bits per heavy atom. The first-order valence-corrected chi connectivity index (χ1v) is 9.26. The molecule has 0 aliphatic carbocycles. The molecule has 2 heterocycles. The van der Waals surface area contributed by atoms with E-state index in [1.165, 1.54) is 69.0 Å². The molecule has 178 valence electrons. The molecule has 4 atom stereocenters. The maximum Gasteiger partial charge on any atom is 0.356 e. The Hall–Kier alpha value is 1.58. The molecule has 4 unspecified atom stereocenters. The zero-order valence-corrected chi connectivity index (χ0v) is 21.3. The van der Waals surface area contributed by atoms with E-state index >= 15 is 0 Å². The number of halogens is 3. The van der Waals surface area contributed by atoms with Crippen LogP contribution in [-0.4, -0.2) is 41.4 Å². The molecule has 0 spiro atoms. The third kappa shape index (κ3) is 7.82. The van der Waals surface area contributed by atoms with E-state index in [9.17, 15) is 0 Å². The molecule has 2 aliphatic heterocycles. The number of hydrogen-bond donors (Lipinski definition) is 6. The van der Waals surface area contributed by atoms with Crippen molar-refractivity contribution in [3.63, 3.8) is 0 Å². The molecule has 0 amide bonds. The maximum atomic E-state index is 5.81. The van der Waals surface area contributed by atoms with Gasteiger partial charge in [-0.1, -0.05) is 20.7 Å². The van der Waals surface area contributed by atoms with Gasteiger partial charge in [0.25, 0.3) is 10.2 Å². The van der Waals surface area contributed by atoms with Crippen molar-refractivity contribution in [2.45, 2.75) is 0 Å². The number of rotatable bonds is 5. The normalized spacial score (nSPS) is 38.6. The summed E-state index contributed by atoms with van der Waals surface area (Å²) in [6.07, 6.45) is 0. The van der Waals surface area contributed by atoms with Crippen LogP contribution in [0.3, 0.4) is 0 Å². The number of hydrogen-bond acceptors (Lipinski definition) is 22. The van der Waals surface area contributed by atoms with E-state index in [-0.39, 0.29) is 21.4 Å². The van der Waals surface area contributed by atoms with Crippen LogP contribution in [0.4, 0.5) is 0 Å². The van der Waals surface area contributed by atoms with Crippen molar-refractivity contribution in [2.75, 3.05) is 0 Å². The molecule has 0 bridgehead atoms. The predicted octanol–water partition coefficient (Wildman–Crippen LogP) is -4.01. The molecule has 26 nitrogen and oxygen atoms in total. The second-order valence-electron chi connectivity index (χ2n) is 4.18. The van der Waals surface area contributed by atoms with Gasteiger partial charge in [0, 0.05) is 14.8 Å². The third-order valence-corrected chi connectivity index (χ3v) is 4.15. The summed E-state index contributed by atoms with van der Waals surface area (Å²) in [5.41, 5.74) is 0. The van der Waals surface area contributed by atoms with Crippen LogP contribution in [0.2, 0.25) is 0 Å². The van der Waals surface area contributed by atoms with E-state index in [0.717, 1.165) is 0 Å². The maximum absolute atomic E-state index is 5.81. The van der Waals surface area contributed by atoms with Crippen molar-refractivity contribution >= 4 is 78.4 Å². The van der Waals surface area contributed by atoms with E-state index in [0.29, 0.717) is 0 Å². The Kier molecular flexibility index (Phi) is 10.1. The molecule has 0 radical (unpaired) electrons. The molecular weight excluding hydrogens is 800 g/mol. The molecule has 30 heteroatoms. The van der Waals surface area contributed by atoms with Crippen LogP contribution >= 0.6 is 78.4 Å². The lowest BCUT2D eigenvalue weighted by Gasteiger charge is -2.33. The molecule has 0 aromatic rings. The highest BCUT2D eigenvalue weighted by molar-refractivity contribution is 14.1. The molecule has 2 rings (SSSR count). The second kappa shape index (κ2) is 10.9. The summed E-state index contributed by atoms with van der Waals surface area (Å²) < 4.78 is 12.7. The molecule has 0 aromatic carbocycles. The van der Waals surface area contributed by atoms with Gasteiger partial charge in [0.1, 0.15) is 23.0 Å². The average molecular weight is 814 g/mol. The summed E-state index contributed by atoms with van der Waals surface area (Å²) in [6, 6.07) is 0. The number of nitrogens with two attached hydrogens (primary N) is 6. The lowest BCUT2D eigenvalue weighted by Crippen LogP contribution is -2.77. The van der Waals surface area contributed by atoms with Crippen molar-refractivity contribution in [2.24, 2.45) is 35.1 Å². The minimum absolute atomic E-state index is 0.0289. The van der Waals surface area contributed by atoms with Gasteiger partial charge in [-0.3, -0.25) is 0 Å². The van der Waals surface area contributed by atoms with Crippen LogP contribution < -0.4 is 35.1 Å². The highest BCUT2D eigenvalue weighted by Gasteiger charge is 2.70. The van der Waals surface area contributed by atoms with Crippen LogP contribution in [0.15, 0.2) is 0 Å². The van der Waals surface area contributed by atoms with Crippen LogP contribution in [0.5, 0.6) is 0 Å². The fourth-order valence-electron chi connectivity index (χ4n) is 1.30. The molecule has 2 fully saturated rings. The molecule has 12 N–H and O–H groups in total. The van der Waals surface area contributed by atoms with Gasteiger partial charge in [0.05, 0.1) is 20.9 Å². The topological polar surface area (TPSA) is 280 Å². The van der Waals surface area contributed by atoms with Gasteiger partial charge in [0.2, 0.25) is 33.1 Å². The summed E-state index contributed by atoms with van der Waals surface area (Å²) in [7, 11) is 1.83. The fourth-order valence-corrected chi connectivity index (χ4v) is 1.94. The van der Waals surface area contributed by atoms with Gasteiger partial charge in [-0.05, 0) is 3.17 Å². The zero-order valence-electron chi connectivity index (χ0n) is 13.7. The average Bonchev–Trinajstić information content (AvgIpc) is 2.57. The quantitative estimate of drug-likeness (QED) is 0.0667. The summed E-state index contributed by atoms with van der Waals surface area (Å²) in [5, 5.41) is -6.06. The summed E-state index contributed by atoms with van der Waals surface area (Å²) >= 11 is 3.87. The van der Waals surface area contributed by atoms with Crippen molar-refractivity contribution in [1.29, 1.82) is 0 Å². The van der Waals surface area contributed by atoms with Crippen molar-refractivity contribution in [1.82, 2.24) is 21.4 Å². The standard InChI is InChI=1S/H14I3N14O12P/c1-18-13-25-14(7,19-2)27-16(9,29-17(30,20-3)26-13)28-15(8)23-11(5)21-10(4)22-12(6)24-15/h4-9,30H2/q+4. The van der Waals surface area contributed by atoms with Crippen molar-refractivity contribution in [3.05, 3.63) is 0 Å². The van der Waals surface area contributed by atoms with Crippen LogP contribution in [0, 0.1) is 0 Å². The molecule has 2 aliphatic rings.